The quantitative estimate of drug-likeness (QED) is 0.625. The first kappa shape index (κ1) is 16.0. The number of hydrogen-bond donors (Lipinski definition) is 0. The van der Waals surface area contributed by atoms with Crippen molar-refractivity contribution < 1.29 is 24.5 Å². The van der Waals surface area contributed by atoms with Crippen LogP contribution in [0.3, 0.4) is 0 Å². The molecule has 0 unspecified atom stereocenters. The van der Waals surface area contributed by atoms with E-state index in [0.29, 0.717) is 17.9 Å². The van der Waals surface area contributed by atoms with Gasteiger partial charge in [0.25, 0.3) is 0 Å². The Hall–Kier alpha value is -2.04. The van der Waals surface area contributed by atoms with Gasteiger partial charge in [-0.15, -0.1) is 0 Å². The van der Waals surface area contributed by atoms with E-state index in [2.05, 4.69) is 6.92 Å². The SMILES string of the molecule is CCCCOc1ccc([C@@](C)(CC(=O)[O-])C(=O)[O-])cc1. The Bertz CT molecular complexity index is 466. The van der Waals surface area contributed by atoms with E-state index < -0.39 is 23.8 Å². The lowest BCUT2D eigenvalue weighted by Crippen LogP contribution is -2.47. The first-order chi connectivity index (χ1) is 9.40. The van der Waals surface area contributed by atoms with E-state index in [1.165, 1.54) is 6.92 Å². The van der Waals surface area contributed by atoms with Crippen LogP contribution in [0, 0.1) is 0 Å². The van der Waals surface area contributed by atoms with Gasteiger partial charge in [-0.25, -0.2) is 0 Å². The van der Waals surface area contributed by atoms with Gasteiger partial charge in [-0.1, -0.05) is 25.5 Å². The summed E-state index contributed by atoms with van der Waals surface area (Å²) in [7, 11) is 0. The van der Waals surface area contributed by atoms with Crippen LogP contribution in [0.15, 0.2) is 24.3 Å². The molecule has 110 valence electrons. The Morgan fingerprint density at radius 3 is 2.25 bits per heavy atom. The lowest BCUT2D eigenvalue weighted by atomic mass is 9.79. The third-order valence-electron chi connectivity index (χ3n) is 3.21. The molecular formula is C15H18O5-2. The van der Waals surface area contributed by atoms with E-state index in [1.807, 2.05) is 0 Å². The van der Waals surface area contributed by atoms with Crippen molar-refractivity contribution in [2.24, 2.45) is 0 Å². The first-order valence-electron chi connectivity index (χ1n) is 6.54. The van der Waals surface area contributed by atoms with Crippen LogP contribution in [-0.4, -0.2) is 18.5 Å². The minimum Gasteiger partial charge on any atom is -0.550 e. The highest BCUT2D eigenvalue weighted by Gasteiger charge is 2.28. The van der Waals surface area contributed by atoms with Crippen molar-refractivity contribution in [1.82, 2.24) is 0 Å². The van der Waals surface area contributed by atoms with Crippen LogP contribution >= 0.6 is 0 Å². The number of unbranched alkanes of at least 4 members (excludes halogenated alkanes) is 1. The van der Waals surface area contributed by atoms with E-state index in [0.717, 1.165) is 12.8 Å². The maximum absolute atomic E-state index is 11.2. The molecule has 1 aromatic carbocycles. The Morgan fingerprint density at radius 1 is 1.20 bits per heavy atom. The van der Waals surface area contributed by atoms with Gasteiger partial charge in [0.2, 0.25) is 0 Å². The van der Waals surface area contributed by atoms with E-state index in [-0.39, 0.29) is 0 Å². The number of carbonyl (C=O) groups excluding carboxylic acids is 2. The van der Waals surface area contributed by atoms with Crippen LogP contribution < -0.4 is 14.9 Å². The van der Waals surface area contributed by atoms with E-state index in [1.54, 1.807) is 24.3 Å². The van der Waals surface area contributed by atoms with Crippen LogP contribution in [-0.2, 0) is 15.0 Å². The summed E-state index contributed by atoms with van der Waals surface area (Å²) < 4.78 is 5.46. The highest BCUT2D eigenvalue weighted by Crippen LogP contribution is 2.28. The number of ether oxygens (including phenoxy) is 1. The molecule has 5 nitrogen and oxygen atoms in total. The zero-order chi connectivity index (χ0) is 15.2. The third-order valence-corrected chi connectivity index (χ3v) is 3.21. The Morgan fingerprint density at radius 2 is 1.80 bits per heavy atom. The van der Waals surface area contributed by atoms with E-state index in [9.17, 15) is 19.8 Å². The number of benzene rings is 1. The van der Waals surface area contributed by atoms with Crippen molar-refractivity contribution in [3.8, 4) is 5.75 Å². The lowest BCUT2D eigenvalue weighted by molar-refractivity contribution is -0.322. The van der Waals surface area contributed by atoms with Crippen molar-refractivity contribution in [2.75, 3.05) is 6.61 Å². The zero-order valence-corrected chi connectivity index (χ0v) is 11.7. The Kier molecular flexibility index (Phi) is 5.55. The first-order valence-corrected chi connectivity index (χ1v) is 6.54. The molecule has 0 fully saturated rings. The molecule has 0 heterocycles. The summed E-state index contributed by atoms with van der Waals surface area (Å²) in [5.41, 5.74) is -1.26. The van der Waals surface area contributed by atoms with Gasteiger partial charge in [-0.2, -0.15) is 0 Å². The van der Waals surface area contributed by atoms with E-state index >= 15 is 0 Å². The van der Waals surface area contributed by atoms with Crippen molar-refractivity contribution in [2.45, 2.75) is 38.5 Å². The van der Waals surface area contributed by atoms with Crippen LogP contribution in [0.2, 0.25) is 0 Å². The molecule has 1 aromatic rings. The molecule has 1 atom stereocenters. The molecular weight excluding hydrogens is 260 g/mol. The number of carboxylic acids is 2. The van der Waals surface area contributed by atoms with Crippen LogP contribution in [0.4, 0.5) is 0 Å². The van der Waals surface area contributed by atoms with Crippen molar-refractivity contribution in [3.05, 3.63) is 29.8 Å². The molecule has 1 rings (SSSR count). The summed E-state index contributed by atoms with van der Waals surface area (Å²) in [5, 5.41) is 21.9. The van der Waals surface area contributed by atoms with Gasteiger partial charge in [0.1, 0.15) is 5.75 Å². The van der Waals surface area contributed by atoms with Gasteiger partial charge < -0.3 is 24.5 Å². The topological polar surface area (TPSA) is 89.5 Å². The summed E-state index contributed by atoms with van der Waals surface area (Å²) in [4.78, 5) is 21.9. The van der Waals surface area contributed by atoms with Crippen molar-refractivity contribution in [3.63, 3.8) is 0 Å². The number of carboxylic acid groups (broad SMARTS) is 2. The zero-order valence-electron chi connectivity index (χ0n) is 11.7. The van der Waals surface area contributed by atoms with Gasteiger partial charge in [-0.3, -0.25) is 0 Å². The summed E-state index contributed by atoms with van der Waals surface area (Å²) in [5.74, 6) is -2.25. The van der Waals surface area contributed by atoms with Gasteiger partial charge in [-0.05, 0) is 31.0 Å². The highest BCUT2D eigenvalue weighted by atomic mass is 16.5. The molecule has 0 amide bonds. The minimum atomic E-state index is -1.61. The fourth-order valence-corrected chi connectivity index (χ4v) is 1.83. The molecule has 20 heavy (non-hydrogen) atoms. The Labute approximate surface area is 118 Å². The highest BCUT2D eigenvalue weighted by molar-refractivity contribution is 5.84. The Balaban J connectivity index is 2.88. The summed E-state index contributed by atoms with van der Waals surface area (Å²) >= 11 is 0. The second-order valence-electron chi connectivity index (χ2n) is 4.89. The second kappa shape index (κ2) is 6.93. The minimum absolute atomic E-state index is 0.351. The largest absolute Gasteiger partial charge is 0.550 e. The smallest absolute Gasteiger partial charge is 0.119 e. The average molecular weight is 278 g/mol. The van der Waals surface area contributed by atoms with Gasteiger partial charge in [0.15, 0.2) is 0 Å². The van der Waals surface area contributed by atoms with Gasteiger partial charge in [0, 0.05) is 17.8 Å². The molecule has 0 bridgehead atoms. The summed E-state index contributed by atoms with van der Waals surface area (Å²) in [6.07, 6.45) is 1.32. The normalized spacial score (nSPS) is 13.5. The predicted molar refractivity (Wildman–Crippen MR) is 68.8 cm³/mol. The number of aliphatic carboxylic acids is 2. The summed E-state index contributed by atoms with van der Waals surface area (Å²) in [6, 6.07) is 6.34. The van der Waals surface area contributed by atoms with Crippen LogP contribution in [0.25, 0.3) is 0 Å². The van der Waals surface area contributed by atoms with Gasteiger partial charge in [0.05, 0.1) is 12.6 Å². The molecule has 0 N–H and O–H groups in total. The number of carbonyl (C=O) groups is 2. The van der Waals surface area contributed by atoms with Crippen LogP contribution in [0.1, 0.15) is 38.7 Å². The number of hydrogen-bond acceptors (Lipinski definition) is 5. The molecule has 0 saturated heterocycles. The molecule has 0 saturated carbocycles. The van der Waals surface area contributed by atoms with Gasteiger partial charge >= 0.3 is 0 Å². The van der Waals surface area contributed by atoms with E-state index in [4.69, 9.17) is 4.74 Å². The predicted octanol–water partition coefficient (Wildman–Crippen LogP) is 0.0131. The molecule has 0 aliphatic carbocycles. The second-order valence-corrected chi connectivity index (χ2v) is 4.89. The maximum atomic E-state index is 11.2. The summed E-state index contributed by atoms with van der Waals surface area (Å²) in [6.45, 7) is 3.95. The fourth-order valence-electron chi connectivity index (χ4n) is 1.83. The third kappa shape index (κ3) is 3.98. The van der Waals surface area contributed by atoms with Crippen LogP contribution in [0.5, 0.6) is 5.75 Å². The molecule has 0 radical (unpaired) electrons. The molecule has 0 spiro atoms. The van der Waals surface area contributed by atoms with Crippen molar-refractivity contribution >= 4 is 11.9 Å². The monoisotopic (exact) mass is 278 g/mol. The average Bonchev–Trinajstić information content (AvgIpc) is 2.38. The molecule has 0 aromatic heterocycles. The lowest BCUT2D eigenvalue weighted by Gasteiger charge is -2.31. The molecule has 0 aliphatic rings. The van der Waals surface area contributed by atoms with Crippen molar-refractivity contribution in [1.29, 1.82) is 0 Å². The molecule has 5 heteroatoms. The standard InChI is InChI=1S/C15H20O5/c1-3-4-9-20-12-7-5-11(6-8-12)15(2,14(18)19)10-13(16)17/h5-8H,3-4,9-10H2,1-2H3,(H,16,17)(H,18,19)/p-2/t15-/m1/s1. The maximum Gasteiger partial charge on any atom is 0.119 e. The molecule has 0 aliphatic heterocycles. The number of rotatable bonds is 8. The fraction of sp³-hybridized carbons (Fsp3) is 0.467.